The zero-order chi connectivity index (χ0) is 13.4. The van der Waals surface area contributed by atoms with Gasteiger partial charge in [0.2, 0.25) is 0 Å². The summed E-state index contributed by atoms with van der Waals surface area (Å²) in [5.74, 6) is 0.472. The molecule has 0 aromatic heterocycles. The highest BCUT2D eigenvalue weighted by molar-refractivity contribution is 6.20. The first-order valence-corrected chi connectivity index (χ1v) is 6.76. The molecule has 1 N–H and O–H groups in total. The van der Waals surface area contributed by atoms with Crippen LogP contribution in [0.3, 0.4) is 0 Å². The van der Waals surface area contributed by atoms with Gasteiger partial charge in [-0.2, -0.15) is 0 Å². The van der Waals surface area contributed by atoms with Crippen molar-refractivity contribution in [3.05, 3.63) is 29.8 Å². The van der Waals surface area contributed by atoms with E-state index in [0.29, 0.717) is 24.5 Å². The van der Waals surface area contributed by atoms with Crippen molar-refractivity contribution in [3.8, 4) is 5.75 Å². The van der Waals surface area contributed by atoms with Crippen LogP contribution in [0.4, 0.5) is 0 Å². The van der Waals surface area contributed by atoms with Gasteiger partial charge in [0.05, 0.1) is 17.5 Å². The molecule has 0 radical (unpaired) electrons. The summed E-state index contributed by atoms with van der Waals surface area (Å²) in [6, 6.07) is 7.22. The van der Waals surface area contributed by atoms with E-state index in [2.05, 4.69) is 12.2 Å². The molecule has 1 atom stereocenters. The fourth-order valence-corrected chi connectivity index (χ4v) is 1.94. The number of halogens is 1. The van der Waals surface area contributed by atoms with Gasteiger partial charge in [-0.05, 0) is 25.5 Å². The Bertz CT molecular complexity index is 382. The molecule has 4 heteroatoms. The lowest BCUT2D eigenvalue weighted by atomic mass is 10.2. The Morgan fingerprint density at radius 2 is 2.11 bits per heavy atom. The molecule has 1 amide bonds. The molecule has 1 aromatic rings. The SMILES string of the molecule is CCCC(Cl)CNC(=O)c1ccccc1OCC. The van der Waals surface area contributed by atoms with Crippen LogP contribution >= 0.6 is 11.6 Å². The number of benzene rings is 1. The van der Waals surface area contributed by atoms with Gasteiger partial charge in [-0.1, -0.05) is 25.5 Å². The average molecular weight is 270 g/mol. The summed E-state index contributed by atoms with van der Waals surface area (Å²) in [5, 5.41) is 2.82. The van der Waals surface area contributed by atoms with E-state index in [4.69, 9.17) is 16.3 Å². The van der Waals surface area contributed by atoms with Crippen LogP contribution in [-0.2, 0) is 0 Å². The fraction of sp³-hybridized carbons (Fsp3) is 0.500. The van der Waals surface area contributed by atoms with Crippen molar-refractivity contribution in [2.75, 3.05) is 13.2 Å². The van der Waals surface area contributed by atoms with Crippen LogP contribution < -0.4 is 10.1 Å². The molecule has 0 saturated heterocycles. The van der Waals surface area contributed by atoms with E-state index in [-0.39, 0.29) is 11.3 Å². The van der Waals surface area contributed by atoms with Gasteiger partial charge in [0.1, 0.15) is 5.75 Å². The minimum absolute atomic E-state index is 0.0156. The Morgan fingerprint density at radius 1 is 1.39 bits per heavy atom. The number of carbonyl (C=O) groups is 1. The Morgan fingerprint density at radius 3 is 2.78 bits per heavy atom. The predicted molar refractivity (Wildman–Crippen MR) is 74.5 cm³/mol. The highest BCUT2D eigenvalue weighted by Crippen LogP contribution is 2.17. The number of ether oxygens (including phenoxy) is 1. The van der Waals surface area contributed by atoms with Crippen molar-refractivity contribution in [2.45, 2.75) is 32.1 Å². The lowest BCUT2D eigenvalue weighted by molar-refractivity contribution is 0.0949. The van der Waals surface area contributed by atoms with Crippen molar-refractivity contribution < 1.29 is 9.53 Å². The largest absolute Gasteiger partial charge is 0.493 e. The summed E-state index contributed by atoms with van der Waals surface area (Å²) >= 11 is 6.07. The minimum atomic E-state index is -0.138. The van der Waals surface area contributed by atoms with Gasteiger partial charge in [0, 0.05) is 6.54 Å². The highest BCUT2D eigenvalue weighted by atomic mass is 35.5. The molecule has 0 spiro atoms. The molecule has 100 valence electrons. The van der Waals surface area contributed by atoms with E-state index in [1.807, 2.05) is 19.1 Å². The van der Waals surface area contributed by atoms with Crippen LogP contribution in [0.2, 0.25) is 0 Å². The van der Waals surface area contributed by atoms with E-state index < -0.39 is 0 Å². The molecule has 0 aliphatic carbocycles. The molecule has 0 fully saturated rings. The number of alkyl halides is 1. The monoisotopic (exact) mass is 269 g/mol. The molecule has 18 heavy (non-hydrogen) atoms. The number of carbonyl (C=O) groups excluding carboxylic acids is 1. The first-order valence-electron chi connectivity index (χ1n) is 6.33. The third-order valence-electron chi connectivity index (χ3n) is 2.52. The summed E-state index contributed by atoms with van der Waals surface area (Å²) in [4.78, 5) is 12.0. The van der Waals surface area contributed by atoms with E-state index in [1.165, 1.54) is 0 Å². The van der Waals surface area contributed by atoms with Gasteiger partial charge in [0.25, 0.3) is 5.91 Å². The maximum Gasteiger partial charge on any atom is 0.255 e. The highest BCUT2D eigenvalue weighted by Gasteiger charge is 2.12. The summed E-state index contributed by atoms with van der Waals surface area (Å²) < 4.78 is 5.42. The summed E-state index contributed by atoms with van der Waals surface area (Å²) in [5.41, 5.74) is 0.555. The second-order valence-electron chi connectivity index (χ2n) is 4.03. The van der Waals surface area contributed by atoms with E-state index >= 15 is 0 Å². The van der Waals surface area contributed by atoms with Crippen LogP contribution in [0.15, 0.2) is 24.3 Å². The number of rotatable bonds is 7. The van der Waals surface area contributed by atoms with Gasteiger partial charge < -0.3 is 10.1 Å². The maximum absolute atomic E-state index is 12.0. The summed E-state index contributed by atoms with van der Waals surface area (Å²) in [6.45, 7) is 4.99. The molecule has 0 saturated carbocycles. The van der Waals surface area contributed by atoms with Crippen LogP contribution in [0.5, 0.6) is 5.75 Å². The number of nitrogens with one attached hydrogen (secondary N) is 1. The molecule has 0 aliphatic heterocycles. The van der Waals surface area contributed by atoms with Crippen molar-refractivity contribution in [2.24, 2.45) is 0 Å². The Labute approximate surface area is 113 Å². The summed E-state index contributed by atoms with van der Waals surface area (Å²) in [7, 11) is 0. The van der Waals surface area contributed by atoms with Gasteiger partial charge in [0.15, 0.2) is 0 Å². The van der Waals surface area contributed by atoms with Crippen molar-refractivity contribution in [1.82, 2.24) is 5.32 Å². The van der Waals surface area contributed by atoms with Crippen LogP contribution in [0, 0.1) is 0 Å². The zero-order valence-corrected chi connectivity index (χ0v) is 11.7. The smallest absolute Gasteiger partial charge is 0.255 e. The number of para-hydroxylation sites is 1. The van der Waals surface area contributed by atoms with Crippen molar-refractivity contribution >= 4 is 17.5 Å². The lowest BCUT2D eigenvalue weighted by Gasteiger charge is -2.12. The first kappa shape index (κ1) is 14.8. The molecule has 0 aliphatic rings. The first-order chi connectivity index (χ1) is 8.69. The van der Waals surface area contributed by atoms with Gasteiger partial charge in [-0.15, -0.1) is 11.6 Å². The maximum atomic E-state index is 12.0. The Hall–Kier alpha value is -1.22. The molecule has 1 unspecified atom stereocenters. The molecule has 1 aromatic carbocycles. The quantitative estimate of drug-likeness (QED) is 0.772. The van der Waals surface area contributed by atoms with Crippen molar-refractivity contribution in [3.63, 3.8) is 0 Å². The standard InChI is InChI=1S/C14H20ClNO2/c1-3-7-11(15)10-16-14(17)12-8-5-6-9-13(12)18-4-2/h5-6,8-9,11H,3-4,7,10H2,1-2H3,(H,16,17). The zero-order valence-electron chi connectivity index (χ0n) is 10.9. The number of hydrogen-bond acceptors (Lipinski definition) is 2. The second kappa shape index (κ2) is 7.98. The van der Waals surface area contributed by atoms with E-state index in [0.717, 1.165) is 12.8 Å². The number of amides is 1. The second-order valence-corrected chi connectivity index (χ2v) is 4.64. The predicted octanol–water partition coefficient (Wildman–Crippen LogP) is 3.22. The minimum Gasteiger partial charge on any atom is -0.493 e. The Balaban J connectivity index is 2.60. The third-order valence-corrected chi connectivity index (χ3v) is 2.89. The molecule has 1 rings (SSSR count). The van der Waals surface area contributed by atoms with Crippen LogP contribution in [0.1, 0.15) is 37.0 Å². The number of hydrogen-bond donors (Lipinski definition) is 1. The van der Waals surface area contributed by atoms with Crippen LogP contribution in [-0.4, -0.2) is 24.4 Å². The van der Waals surface area contributed by atoms with E-state index in [1.54, 1.807) is 12.1 Å². The normalized spacial score (nSPS) is 11.9. The molecule has 0 heterocycles. The van der Waals surface area contributed by atoms with Crippen molar-refractivity contribution in [1.29, 1.82) is 0 Å². The van der Waals surface area contributed by atoms with Gasteiger partial charge in [-0.25, -0.2) is 0 Å². The van der Waals surface area contributed by atoms with Gasteiger partial charge in [-0.3, -0.25) is 4.79 Å². The lowest BCUT2D eigenvalue weighted by Crippen LogP contribution is -2.30. The fourth-order valence-electron chi connectivity index (χ4n) is 1.65. The van der Waals surface area contributed by atoms with E-state index in [9.17, 15) is 4.79 Å². The molecule has 0 bridgehead atoms. The van der Waals surface area contributed by atoms with Gasteiger partial charge >= 0.3 is 0 Å². The molecule has 3 nitrogen and oxygen atoms in total. The Kier molecular flexibility index (Phi) is 6.58. The topological polar surface area (TPSA) is 38.3 Å². The average Bonchev–Trinajstić information content (AvgIpc) is 2.37. The third kappa shape index (κ3) is 4.57. The summed E-state index contributed by atoms with van der Waals surface area (Å²) in [6.07, 6.45) is 1.91. The van der Waals surface area contributed by atoms with Crippen LogP contribution in [0.25, 0.3) is 0 Å². The molecular weight excluding hydrogens is 250 g/mol. The molecular formula is C14H20ClNO2.